The van der Waals surface area contributed by atoms with Gasteiger partial charge in [0.1, 0.15) is 5.75 Å². The van der Waals surface area contributed by atoms with Crippen molar-refractivity contribution in [1.82, 2.24) is 14.8 Å². The zero-order chi connectivity index (χ0) is 19.6. The van der Waals surface area contributed by atoms with Crippen LogP contribution in [0.1, 0.15) is 25.5 Å². The third-order valence-corrected chi connectivity index (χ3v) is 3.76. The topological polar surface area (TPSA) is 69.0 Å². The van der Waals surface area contributed by atoms with E-state index in [1.165, 1.54) is 24.4 Å². The van der Waals surface area contributed by atoms with Gasteiger partial charge < -0.3 is 10.1 Å². The highest BCUT2D eigenvalue weighted by molar-refractivity contribution is 5.93. The number of ether oxygens (including phenoxy) is 1. The second kappa shape index (κ2) is 7.26. The maximum atomic E-state index is 12.9. The monoisotopic (exact) mass is 378 g/mol. The van der Waals surface area contributed by atoms with E-state index in [1.807, 2.05) is 13.8 Å². The maximum absolute atomic E-state index is 12.9. The van der Waals surface area contributed by atoms with E-state index in [9.17, 15) is 18.0 Å². The average Bonchev–Trinajstić information content (AvgIpc) is 3.03. The molecule has 142 valence electrons. The molecule has 0 saturated carbocycles. The van der Waals surface area contributed by atoms with E-state index >= 15 is 0 Å². The molecule has 0 atom stereocenters. The molecule has 6 nitrogen and oxygen atoms in total. The van der Waals surface area contributed by atoms with Crippen LogP contribution in [0.15, 0.2) is 42.7 Å². The number of para-hydroxylation sites is 1. The summed E-state index contributed by atoms with van der Waals surface area (Å²) in [7, 11) is 0. The molecule has 2 heterocycles. The predicted molar refractivity (Wildman–Crippen MR) is 93.5 cm³/mol. The van der Waals surface area contributed by atoms with Crippen molar-refractivity contribution in [1.29, 1.82) is 0 Å². The van der Waals surface area contributed by atoms with Crippen LogP contribution in [0.25, 0.3) is 11.0 Å². The number of benzene rings is 1. The van der Waals surface area contributed by atoms with Crippen LogP contribution in [0.4, 0.5) is 18.9 Å². The first-order valence-electron chi connectivity index (χ1n) is 8.18. The van der Waals surface area contributed by atoms with Gasteiger partial charge in [0, 0.05) is 11.4 Å². The fraction of sp³-hybridized carbons (Fsp3) is 0.278. The Morgan fingerprint density at radius 3 is 2.70 bits per heavy atom. The van der Waals surface area contributed by atoms with Crippen molar-refractivity contribution in [2.24, 2.45) is 0 Å². The lowest BCUT2D eigenvalue weighted by atomic mass is 10.2. The number of hydrogen-bond donors (Lipinski definition) is 1. The number of anilines is 1. The molecule has 0 saturated heterocycles. The SMILES string of the molecule is CC(C)n1ncc2cc(NC(=O)COc3ccccc3C(F)(F)F)cnc21. The first kappa shape index (κ1) is 18.7. The van der Waals surface area contributed by atoms with Crippen molar-refractivity contribution in [2.45, 2.75) is 26.1 Å². The molecule has 27 heavy (non-hydrogen) atoms. The molecule has 0 fully saturated rings. The molecule has 0 spiro atoms. The van der Waals surface area contributed by atoms with Crippen molar-refractivity contribution in [3.05, 3.63) is 48.3 Å². The summed E-state index contributed by atoms with van der Waals surface area (Å²) in [6.45, 7) is 3.39. The number of nitrogens with zero attached hydrogens (tertiary/aromatic N) is 3. The van der Waals surface area contributed by atoms with Crippen LogP contribution in [-0.2, 0) is 11.0 Å². The van der Waals surface area contributed by atoms with E-state index in [2.05, 4.69) is 15.4 Å². The van der Waals surface area contributed by atoms with Gasteiger partial charge in [-0.2, -0.15) is 18.3 Å². The molecule has 1 N–H and O–H groups in total. The van der Waals surface area contributed by atoms with Crippen molar-refractivity contribution >= 4 is 22.6 Å². The zero-order valence-electron chi connectivity index (χ0n) is 14.6. The Balaban J connectivity index is 1.68. The van der Waals surface area contributed by atoms with E-state index in [4.69, 9.17) is 4.74 Å². The Morgan fingerprint density at radius 2 is 2.00 bits per heavy atom. The molecule has 2 aromatic heterocycles. The Bertz CT molecular complexity index is 967. The average molecular weight is 378 g/mol. The predicted octanol–water partition coefficient (Wildman–Crippen LogP) is 4.05. The number of nitrogens with one attached hydrogen (secondary N) is 1. The normalized spacial score (nSPS) is 11.8. The van der Waals surface area contributed by atoms with Crippen molar-refractivity contribution in [2.75, 3.05) is 11.9 Å². The number of fused-ring (bicyclic) bond motifs is 1. The number of carbonyl (C=O) groups excluding carboxylic acids is 1. The minimum Gasteiger partial charge on any atom is -0.483 e. The second-order valence-corrected chi connectivity index (χ2v) is 6.15. The number of halogens is 3. The molecule has 0 bridgehead atoms. The molecule has 0 unspecified atom stereocenters. The van der Waals surface area contributed by atoms with Crippen molar-refractivity contribution < 1.29 is 22.7 Å². The number of rotatable bonds is 5. The number of hydrogen-bond acceptors (Lipinski definition) is 4. The van der Waals surface area contributed by atoms with Gasteiger partial charge in [0.15, 0.2) is 12.3 Å². The van der Waals surface area contributed by atoms with Crippen LogP contribution in [0.3, 0.4) is 0 Å². The third-order valence-electron chi connectivity index (χ3n) is 3.76. The molecule has 1 aromatic carbocycles. The van der Waals surface area contributed by atoms with Crippen LogP contribution in [0.2, 0.25) is 0 Å². The summed E-state index contributed by atoms with van der Waals surface area (Å²) in [6, 6.07) is 6.57. The molecular weight excluding hydrogens is 361 g/mol. The van der Waals surface area contributed by atoms with Crippen LogP contribution in [0, 0.1) is 0 Å². The summed E-state index contributed by atoms with van der Waals surface area (Å²) in [5, 5.41) is 7.53. The smallest absolute Gasteiger partial charge is 0.419 e. The van der Waals surface area contributed by atoms with E-state index in [0.29, 0.717) is 11.3 Å². The van der Waals surface area contributed by atoms with Crippen LogP contribution >= 0.6 is 0 Å². The molecule has 9 heteroatoms. The molecule has 0 aliphatic carbocycles. The van der Waals surface area contributed by atoms with Crippen molar-refractivity contribution in [3.63, 3.8) is 0 Å². The third kappa shape index (κ3) is 4.18. The minimum absolute atomic E-state index is 0.137. The van der Waals surface area contributed by atoms with E-state index in [0.717, 1.165) is 11.5 Å². The standard InChI is InChI=1S/C18H17F3N4O2/c1-11(2)25-17-12(8-23-25)7-13(9-22-17)24-16(26)10-27-15-6-4-3-5-14(15)18(19,20)21/h3-9,11H,10H2,1-2H3,(H,24,26). The molecule has 3 rings (SSSR count). The number of carbonyl (C=O) groups is 1. The van der Waals surface area contributed by atoms with E-state index in [1.54, 1.807) is 16.9 Å². The number of pyridine rings is 1. The van der Waals surface area contributed by atoms with Gasteiger partial charge in [0.2, 0.25) is 0 Å². The Morgan fingerprint density at radius 1 is 1.26 bits per heavy atom. The summed E-state index contributed by atoms with van der Waals surface area (Å²) in [5.74, 6) is -0.990. The molecule has 0 aliphatic heterocycles. The number of amides is 1. The quantitative estimate of drug-likeness (QED) is 0.727. The summed E-state index contributed by atoms with van der Waals surface area (Å²) < 4.78 is 45.6. The van der Waals surface area contributed by atoms with Gasteiger partial charge in [-0.25, -0.2) is 9.67 Å². The summed E-state index contributed by atoms with van der Waals surface area (Å²) in [6.07, 6.45) is -1.46. The summed E-state index contributed by atoms with van der Waals surface area (Å²) in [4.78, 5) is 16.3. The highest BCUT2D eigenvalue weighted by Crippen LogP contribution is 2.35. The summed E-state index contributed by atoms with van der Waals surface area (Å²) in [5.41, 5.74) is 0.156. The second-order valence-electron chi connectivity index (χ2n) is 6.15. The van der Waals surface area contributed by atoms with Crippen LogP contribution in [0.5, 0.6) is 5.75 Å². The molecule has 0 aliphatic rings. The van der Waals surface area contributed by atoms with E-state index < -0.39 is 30.0 Å². The first-order valence-corrected chi connectivity index (χ1v) is 8.18. The number of aromatic nitrogens is 3. The first-order chi connectivity index (χ1) is 12.8. The Hall–Kier alpha value is -3.10. The molecular formula is C18H17F3N4O2. The Kier molecular flexibility index (Phi) is 5.02. The van der Waals surface area contributed by atoms with Gasteiger partial charge in [0.05, 0.1) is 23.6 Å². The van der Waals surface area contributed by atoms with E-state index in [-0.39, 0.29) is 6.04 Å². The molecule has 3 aromatic rings. The van der Waals surface area contributed by atoms with Gasteiger partial charge in [-0.3, -0.25) is 4.79 Å². The maximum Gasteiger partial charge on any atom is 0.419 e. The highest BCUT2D eigenvalue weighted by Gasteiger charge is 2.34. The summed E-state index contributed by atoms with van der Waals surface area (Å²) >= 11 is 0. The largest absolute Gasteiger partial charge is 0.483 e. The molecule has 1 amide bonds. The minimum atomic E-state index is -4.56. The van der Waals surface area contributed by atoms with Crippen molar-refractivity contribution in [3.8, 4) is 5.75 Å². The van der Waals surface area contributed by atoms with Gasteiger partial charge >= 0.3 is 6.18 Å². The number of alkyl halides is 3. The van der Waals surface area contributed by atoms with Crippen LogP contribution in [-0.4, -0.2) is 27.3 Å². The van der Waals surface area contributed by atoms with Gasteiger partial charge in [0.25, 0.3) is 5.91 Å². The lowest BCUT2D eigenvalue weighted by Gasteiger charge is -2.13. The lowest BCUT2D eigenvalue weighted by molar-refractivity contribution is -0.139. The Labute approximate surface area is 153 Å². The van der Waals surface area contributed by atoms with Gasteiger partial charge in [-0.15, -0.1) is 0 Å². The molecule has 0 radical (unpaired) electrons. The van der Waals surface area contributed by atoms with Gasteiger partial charge in [-0.05, 0) is 32.0 Å². The zero-order valence-corrected chi connectivity index (χ0v) is 14.6. The lowest BCUT2D eigenvalue weighted by Crippen LogP contribution is -2.21. The fourth-order valence-corrected chi connectivity index (χ4v) is 2.55. The highest BCUT2D eigenvalue weighted by atomic mass is 19.4. The van der Waals surface area contributed by atoms with Gasteiger partial charge in [-0.1, -0.05) is 12.1 Å². The fourth-order valence-electron chi connectivity index (χ4n) is 2.55. The van der Waals surface area contributed by atoms with Crippen LogP contribution < -0.4 is 10.1 Å².